The normalized spacial score (nSPS) is 22.1. The lowest BCUT2D eigenvalue weighted by Crippen LogP contribution is -2.50. The van der Waals surface area contributed by atoms with E-state index in [1.54, 1.807) is 23.9 Å². The minimum absolute atomic E-state index is 0.0481. The summed E-state index contributed by atoms with van der Waals surface area (Å²) in [6, 6.07) is 6.02. The van der Waals surface area contributed by atoms with Crippen molar-refractivity contribution < 1.29 is 14.3 Å². The Bertz CT molecular complexity index is 516. The Kier molecular flexibility index (Phi) is 6.30. The van der Waals surface area contributed by atoms with Gasteiger partial charge in [0.05, 0.1) is 5.60 Å². The summed E-state index contributed by atoms with van der Waals surface area (Å²) in [5.74, 6) is 1.58. The number of aliphatic hydroxyl groups is 1. The fraction of sp³-hybridized carbons (Fsp3) is 0.588. The molecule has 1 aliphatic rings. The second kappa shape index (κ2) is 8.02. The van der Waals surface area contributed by atoms with Crippen molar-refractivity contribution in [1.82, 2.24) is 10.6 Å². The molecule has 2 rings (SSSR count). The first-order valence-corrected chi connectivity index (χ1v) is 9.12. The number of hydrogen-bond donors (Lipinski definition) is 3. The molecule has 0 bridgehead atoms. The van der Waals surface area contributed by atoms with E-state index in [1.165, 1.54) is 12.1 Å². The molecule has 2 amide bonds. The molecule has 6 heteroatoms. The summed E-state index contributed by atoms with van der Waals surface area (Å²) in [4.78, 5) is 12.1. The van der Waals surface area contributed by atoms with Crippen molar-refractivity contribution in [2.45, 2.75) is 38.3 Å². The maximum absolute atomic E-state index is 13.0. The van der Waals surface area contributed by atoms with E-state index >= 15 is 0 Å². The molecule has 3 N–H and O–H groups in total. The van der Waals surface area contributed by atoms with E-state index in [1.807, 2.05) is 13.8 Å². The highest BCUT2D eigenvalue weighted by Gasteiger charge is 2.32. The van der Waals surface area contributed by atoms with Crippen LogP contribution in [0.4, 0.5) is 9.18 Å². The Morgan fingerprint density at radius 2 is 2.09 bits per heavy atom. The van der Waals surface area contributed by atoms with Gasteiger partial charge >= 0.3 is 6.03 Å². The third-order valence-corrected chi connectivity index (χ3v) is 5.38. The van der Waals surface area contributed by atoms with Gasteiger partial charge in [0.25, 0.3) is 0 Å². The van der Waals surface area contributed by atoms with Crippen molar-refractivity contribution in [1.29, 1.82) is 0 Å². The minimum atomic E-state index is -0.785. The number of amides is 2. The zero-order valence-corrected chi connectivity index (χ0v) is 14.5. The topological polar surface area (TPSA) is 61.4 Å². The number of hydrogen-bond acceptors (Lipinski definition) is 3. The Hall–Kier alpha value is -1.27. The van der Waals surface area contributed by atoms with Gasteiger partial charge in [0.2, 0.25) is 0 Å². The second-order valence-corrected chi connectivity index (χ2v) is 7.64. The van der Waals surface area contributed by atoms with Gasteiger partial charge < -0.3 is 15.7 Å². The van der Waals surface area contributed by atoms with Crippen LogP contribution in [0.15, 0.2) is 24.3 Å². The number of carbonyl (C=O) groups is 1. The number of urea groups is 1. The second-order valence-electron chi connectivity index (χ2n) is 6.54. The van der Waals surface area contributed by atoms with Crippen LogP contribution in [0.2, 0.25) is 0 Å². The van der Waals surface area contributed by atoms with Crippen LogP contribution in [0.25, 0.3) is 0 Å². The Morgan fingerprint density at radius 3 is 2.65 bits per heavy atom. The van der Waals surface area contributed by atoms with Crippen LogP contribution < -0.4 is 10.6 Å². The Balaban J connectivity index is 1.85. The number of nitrogens with one attached hydrogen (secondary N) is 2. The molecular formula is C17H25FN2O2S. The highest BCUT2D eigenvalue weighted by Crippen LogP contribution is 2.26. The molecule has 0 radical (unpaired) electrons. The van der Waals surface area contributed by atoms with Gasteiger partial charge in [-0.1, -0.05) is 26.0 Å². The highest BCUT2D eigenvalue weighted by molar-refractivity contribution is 7.99. The van der Waals surface area contributed by atoms with E-state index in [-0.39, 0.29) is 30.4 Å². The van der Waals surface area contributed by atoms with Crippen molar-refractivity contribution in [3.63, 3.8) is 0 Å². The molecule has 1 fully saturated rings. The lowest BCUT2D eigenvalue weighted by atomic mass is 9.96. The standard InChI is InChI=1S/C17H25FN2O2S/c1-12(2)15(9-13-3-5-14(18)6-4-13)20-16(21)19-10-17(22)7-8-23-11-17/h3-6,12,15,22H,7-11H2,1-2H3,(H2,19,20,21). The average Bonchev–Trinajstić information content (AvgIpc) is 2.94. The van der Waals surface area contributed by atoms with E-state index in [2.05, 4.69) is 10.6 Å². The Morgan fingerprint density at radius 1 is 1.39 bits per heavy atom. The third-order valence-electron chi connectivity index (χ3n) is 4.15. The summed E-state index contributed by atoms with van der Waals surface area (Å²) in [6.07, 6.45) is 1.35. The van der Waals surface area contributed by atoms with Crippen molar-refractivity contribution in [2.75, 3.05) is 18.1 Å². The minimum Gasteiger partial charge on any atom is -0.387 e. The van der Waals surface area contributed by atoms with Crippen molar-refractivity contribution >= 4 is 17.8 Å². The molecule has 0 spiro atoms. The summed E-state index contributed by atoms with van der Waals surface area (Å²) < 4.78 is 13.0. The van der Waals surface area contributed by atoms with Gasteiger partial charge in [-0.15, -0.1) is 0 Å². The van der Waals surface area contributed by atoms with Crippen LogP contribution in [0.5, 0.6) is 0 Å². The molecule has 1 aromatic carbocycles. The highest BCUT2D eigenvalue weighted by atomic mass is 32.2. The largest absolute Gasteiger partial charge is 0.387 e. The van der Waals surface area contributed by atoms with Gasteiger partial charge in [0.1, 0.15) is 5.82 Å². The van der Waals surface area contributed by atoms with Crippen LogP contribution in [-0.4, -0.2) is 40.8 Å². The maximum atomic E-state index is 13.0. The lowest BCUT2D eigenvalue weighted by molar-refractivity contribution is 0.0698. The van der Waals surface area contributed by atoms with Gasteiger partial charge in [-0.2, -0.15) is 11.8 Å². The summed E-state index contributed by atoms with van der Waals surface area (Å²) in [7, 11) is 0. The lowest BCUT2D eigenvalue weighted by Gasteiger charge is -2.25. The van der Waals surface area contributed by atoms with E-state index in [4.69, 9.17) is 0 Å². The summed E-state index contributed by atoms with van der Waals surface area (Å²) in [5.41, 5.74) is 0.197. The number of halogens is 1. The molecular weight excluding hydrogens is 315 g/mol. The van der Waals surface area contributed by atoms with Crippen molar-refractivity contribution in [3.05, 3.63) is 35.6 Å². The first kappa shape index (κ1) is 18.1. The van der Waals surface area contributed by atoms with Crippen LogP contribution in [0.3, 0.4) is 0 Å². The van der Waals surface area contributed by atoms with Crippen molar-refractivity contribution in [2.24, 2.45) is 5.92 Å². The zero-order chi connectivity index (χ0) is 16.9. The molecule has 23 heavy (non-hydrogen) atoms. The molecule has 0 saturated carbocycles. The smallest absolute Gasteiger partial charge is 0.315 e. The molecule has 1 saturated heterocycles. The maximum Gasteiger partial charge on any atom is 0.315 e. The van der Waals surface area contributed by atoms with Crippen LogP contribution >= 0.6 is 11.8 Å². The molecule has 0 aromatic heterocycles. The number of benzene rings is 1. The Labute approximate surface area is 141 Å². The van der Waals surface area contributed by atoms with Gasteiger partial charge in [-0.05, 0) is 42.2 Å². The predicted octanol–water partition coefficient (Wildman–Crippen LogP) is 2.56. The van der Waals surface area contributed by atoms with E-state index in [9.17, 15) is 14.3 Å². The molecule has 2 atom stereocenters. The molecule has 1 aliphatic heterocycles. The number of thioether (sulfide) groups is 1. The predicted molar refractivity (Wildman–Crippen MR) is 92.2 cm³/mol. The van der Waals surface area contributed by atoms with Gasteiger partial charge in [0, 0.05) is 18.3 Å². The van der Waals surface area contributed by atoms with Crippen LogP contribution in [0.1, 0.15) is 25.8 Å². The van der Waals surface area contributed by atoms with E-state index < -0.39 is 5.60 Å². The van der Waals surface area contributed by atoms with E-state index in [0.717, 1.165) is 11.3 Å². The van der Waals surface area contributed by atoms with Gasteiger partial charge in [0.15, 0.2) is 0 Å². The van der Waals surface area contributed by atoms with Gasteiger partial charge in [-0.3, -0.25) is 0 Å². The van der Waals surface area contributed by atoms with Crippen molar-refractivity contribution in [3.8, 4) is 0 Å². The summed E-state index contributed by atoms with van der Waals surface area (Å²) in [6.45, 7) is 4.35. The average molecular weight is 340 g/mol. The summed E-state index contributed by atoms with van der Waals surface area (Å²) >= 11 is 1.70. The molecule has 2 unspecified atom stereocenters. The van der Waals surface area contributed by atoms with E-state index in [0.29, 0.717) is 18.6 Å². The molecule has 128 valence electrons. The first-order chi connectivity index (χ1) is 10.9. The third kappa shape index (κ3) is 5.70. The summed E-state index contributed by atoms with van der Waals surface area (Å²) in [5, 5.41) is 16.0. The molecule has 1 heterocycles. The number of rotatable bonds is 6. The van der Waals surface area contributed by atoms with Gasteiger partial charge in [-0.25, -0.2) is 9.18 Å². The van der Waals surface area contributed by atoms with Crippen LogP contribution in [-0.2, 0) is 6.42 Å². The van der Waals surface area contributed by atoms with Crippen LogP contribution in [0, 0.1) is 11.7 Å². The first-order valence-electron chi connectivity index (χ1n) is 7.97. The molecule has 1 aromatic rings. The quantitative estimate of drug-likeness (QED) is 0.746. The molecule has 4 nitrogen and oxygen atoms in total. The molecule has 0 aliphatic carbocycles. The zero-order valence-electron chi connectivity index (χ0n) is 13.6. The monoisotopic (exact) mass is 340 g/mol. The fourth-order valence-electron chi connectivity index (χ4n) is 2.53. The fourth-order valence-corrected chi connectivity index (χ4v) is 3.82. The SMILES string of the molecule is CC(C)C(Cc1ccc(F)cc1)NC(=O)NCC1(O)CCSC1. The number of carbonyl (C=O) groups excluding carboxylic acids is 1.